The first-order valence-electron chi connectivity index (χ1n) is 19.5. The first-order chi connectivity index (χ1) is 22.4. The van der Waals surface area contributed by atoms with Gasteiger partial charge >= 0.3 is 13.8 Å². The normalized spacial score (nSPS) is 13.6. The van der Waals surface area contributed by atoms with Crippen LogP contribution in [0.25, 0.3) is 0 Å². The third kappa shape index (κ3) is 34.8. The van der Waals surface area contributed by atoms with E-state index in [2.05, 4.69) is 13.8 Å². The third-order valence-corrected chi connectivity index (χ3v) is 9.51. The standard InChI is InChI=1S/C37H76NO7P/c1-3-5-7-9-11-13-15-16-17-18-19-20-22-24-26-28-30-37(39)45-36(35-44-46(40,41)43-33-31-38)34-42-32-29-27-25-23-21-14-12-10-8-6-4-2/h36H,3-35,38H2,1-2H3,(H,40,41). The minimum Gasteiger partial charge on any atom is -0.457 e. The number of rotatable bonds is 38. The number of phosphoric ester groups is 1. The first-order valence-corrected chi connectivity index (χ1v) is 21.0. The molecule has 0 amide bonds. The van der Waals surface area contributed by atoms with Gasteiger partial charge < -0.3 is 20.1 Å². The highest BCUT2D eigenvalue weighted by molar-refractivity contribution is 7.47. The molecule has 276 valence electrons. The van der Waals surface area contributed by atoms with Crippen LogP contribution in [0.4, 0.5) is 0 Å². The van der Waals surface area contributed by atoms with E-state index < -0.39 is 13.9 Å². The molecule has 0 aromatic heterocycles. The van der Waals surface area contributed by atoms with Crippen molar-refractivity contribution in [1.82, 2.24) is 0 Å². The lowest BCUT2D eigenvalue weighted by atomic mass is 10.0. The molecule has 0 rings (SSSR count). The van der Waals surface area contributed by atoms with Crippen LogP contribution in [0.3, 0.4) is 0 Å². The maximum Gasteiger partial charge on any atom is 0.472 e. The summed E-state index contributed by atoms with van der Waals surface area (Å²) in [5.74, 6) is -0.326. The van der Waals surface area contributed by atoms with Gasteiger partial charge in [0, 0.05) is 19.6 Å². The van der Waals surface area contributed by atoms with E-state index in [-0.39, 0.29) is 32.3 Å². The predicted molar refractivity (Wildman–Crippen MR) is 192 cm³/mol. The number of esters is 1. The fourth-order valence-electron chi connectivity index (χ4n) is 5.64. The van der Waals surface area contributed by atoms with E-state index in [0.29, 0.717) is 13.0 Å². The van der Waals surface area contributed by atoms with Crippen LogP contribution in [-0.4, -0.2) is 49.9 Å². The smallest absolute Gasteiger partial charge is 0.457 e. The van der Waals surface area contributed by atoms with Gasteiger partial charge in [0.05, 0.1) is 19.8 Å². The summed E-state index contributed by atoms with van der Waals surface area (Å²) in [6.45, 7) is 4.96. The van der Waals surface area contributed by atoms with Crippen LogP contribution >= 0.6 is 7.82 Å². The summed E-state index contributed by atoms with van der Waals surface area (Å²) in [5.41, 5.74) is 5.35. The number of hydrogen-bond acceptors (Lipinski definition) is 7. The molecule has 0 aliphatic rings. The number of ether oxygens (including phenoxy) is 2. The second-order valence-electron chi connectivity index (χ2n) is 13.2. The number of phosphoric acid groups is 1. The van der Waals surface area contributed by atoms with Gasteiger partial charge in [-0.1, -0.05) is 174 Å². The van der Waals surface area contributed by atoms with Gasteiger partial charge in [0.25, 0.3) is 0 Å². The Bertz CT molecular complexity index is 682. The van der Waals surface area contributed by atoms with Crippen LogP contribution in [-0.2, 0) is 27.9 Å². The average molecular weight is 678 g/mol. The quantitative estimate of drug-likeness (QED) is 0.0377. The molecule has 8 nitrogen and oxygen atoms in total. The van der Waals surface area contributed by atoms with Crippen molar-refractivity contribution in [2.45, 2.75) is 200 Å². The number of unbranched alkanes of at least 4 members (excludes halogenated alkanes) is 25. The monoisotopic (exact) mass is 678 g/mol. The summed E-state index contributed by atoms with van der Waals surface area (Å²) in [5, 5.41) is 0. The van der Waals surface area contributed by atoms with E-state index in [1.807, 2.05) is 0 Å². The molecular formula is C37H76NO7P. The molecule has 3 N–H and O–H groups in total. The van der Waals surface area contributed by atoms with Crippen LogP contribution < -0.4 is 5.73 Å². The van der Waals surface area contributed by atoms with Crippen molar-refractivity contribution < 1.29 is 32.8 Å². The van der Waals surface area contributed by atoms with Gasteiger partial charge in [-0.2, -0.15) is 0 Å². The van der Waals surface area contributed by atoms with Crippen molar-refractivity contribution in [3.8, 4) is 0 Å². The van der Waals surface area contributed by atoms with Crippen molar-refractivity contribution in [3.05, 3.63) is 0 Å². The first kappa shape index (κ1) is 45.5. The largest absolute Gasteiger partial charge is 0.472 e. The van der Waals surface area contributed by atoms with Crippen LogP contribution in [0, 0.1) is 0 Å². The van der Waals surface area contributed by atoms with Crippen molar-refractivity contribution in [2.75, 3.05) is 33.0 Å². The van der Waals surface area contributed by atoms with E-state index in [0.717, 1.165) is 32.1 Å². The highest BCUT2D eigenvalue weighted by Crippen LogP contribution is 2.43. The maximum atomic E-state index is 12.5. The summed E-state index contributed by atoms with van der Waals surface area (Å²) in [7, 11) is -4.26. The number of carbonyl (C=O) groups excluding carboxylic acids is 1. The van der Waals surface area contributed by atoms with Crippen molar-refractivity contribution in [1.29, 1.82) is 0 Å². The van der Waals surface area contributed by atoms with E-state index in [1.54, 1.807) is 0 Å². The van der Waals surface area contributed by atoms with Gasteiger partial charge in [-0.15, -0.1) is 0 Å². The fraction of sp³-hybridized carbons (Fsp3) is 0.973. The molecule has 0 fully saturated rings. The van der Waals surface area contributed by atoms with Crippen molar-refractivity contribution in [2.24, 2.45) is 5.73 Å². The Labute approximate surface area is 284 Å². The molecular weight excluding hydrogens is 601 g/mol. The highest BCUT2D eigenvalue weighted by Gasteiger charge is 2.25. The Morgan fingerprint density at radius 1 is 0.565 bits per heavy atom. The van der Waals surface area contributed by atoms with E-state index >= 15 is 0 Å². The molecule has 0 aliphatic heterocycles. The topological polar surface area (TPSA) is 117 Å². The fourth-order valence-corrected chi connectivity index (χ4v) is 6.41. The molecule has 0 spiro atoms. The Balaban J connectivity index is 4.02. The second-order valence-corrected chi connectivity index (χ2v) is 14.6. The summed E-state index contributed by atoms with van der Waals surface area (Å²) < 4.78 is 33.3. The molecule has 0 aromatic carbocycles. The zero-order valence-corrected chi connectivity index (χ0v) is 31.2. The average Bonchev–Trinajstić information content (AvgIpc) is 3.04. The summed E-state index contributed by atoms with van der Waals surface area (Å²) >= 11 is 0. The van der Waals surface area contributed by atoms with Gasteiger partial charge in [-0.05, 0) is 12.8 Å². The van der Waals surface area contributed by atoms with Crippen LogP contribution in [0.15, 0.2) is 0 Å². The summed E-state index contributed by atoms with van der Waals surface area (Å²) in [6.07, 6.45) is 33.9. The Hall–Kier alpha value is -0.500. The van der Waals surface area contributed by atoms with Crippen LogP contribution in [0.2, 0.25) is 0 Å². The second kappa shape index (κ2) is 35.8. The summed E-state index contributed by atoms with van der Waals surface area (Å²) in [4.78, 5) is 22.4. The third-order valence-electron chi connectivity index (χ3n) is 8.52. The molecule has 0 aromatic rings. The van der Waals surface area contributed by atoms with Gasteiger partial charge in [0.15, 0.2) is 0 Å². The summed E-state index contributed by atoms with van der Waals surface area (Å²) in [6, 6.07) is 0. The minimum absolute atomic E-state index is 0.0904. The van der Waals surface area contributed by atoms with Crippen molar-refractivity contribution >= 4 is 13.8 Å². The lowest BCUT2D eigenvalue weighted by Crippen LogP contribution is -2.28. The predicted octanol–water partition coefficient (Wildman–Crippen LogP) is 11.0. The lowest BCUT2D eigenvalue weighted by molar-refractivity contribution is -0.154. The molecule has 46 heavy (non-hydrogen) atoms. The Morgan fingerprint density at radius 2 is 0.957 bits per heavy atom. The van der Waals surface area contributed by atoms with Crippen LogP contribution in [0.5, 0.6) is 0 Å². The van der Waals surface area contributed by atoms with Gasteiger partial charge in [-0.3, -0.25) is 13.8 Å². The molecule has 0 saturated carbocycles. The number of carbonyl (C=O) groups is 1. The van der Waals surface area contributed by atoms with E-state index in [4.69, 9.17) is 24.3 Å². The van der Waals surface area contributed by atoms with Gasteiger partial charge in [-0.25, -0.2) is 4.57 Å². The highest BCUT2D eigenvalue weighted by atomic mass is 31.2. The van der Waals surface area contributed by atoms with Crippen molar-refractivity contribution in [3.63, 3.8) is 0 Å². The van der Waals surface area contributed by atoms with Crippen LogP contribution in [0.1, 0.15) is 194 Å². The maximum absolute atomic E-state index is 12.5. The minimum atomic E-state index is -4.26. The van der Waals surface area contributed by atoms with Gasteiger partial charge in [0.2, 0.25) is 0 Å². The zero-order valence-electron chi connectivity index (χ0n) is 30.3. The SMILES string of the molecule is CCCCCCCCCCCCCCCCCCC(=O)OC(COCCCCCCCCCCCCC)COP(=O)(O)OCCN. The molecule has 2 unspecified atom stereocenters. The lowest BCUT2D eigenvalue weighted by Gasteiger charge is -2.20. The Kier molecular flexibility index (Phi) is 35.4. The molecule has 2 atom stereocenters. The molecule has 0 saturated heterocycles. The Morgan fingerprint density at radius 3 is 1.37 bits per heavy atom. The van der Waals surface area contributed by atoms with Gasteiger partial charge in [0.1, 0.15) is 6.10 Å². The molecule has 0 radical (unpaired) electrons. The molecule has 0 bridgehead atoms. The number of nitrogens with two attached hydrogens (primary N) is 1. The molecule has 0 heterocycles. The van der Waals surface area contributed by atoms with E-state index in [1.165, 1.54) is 141 Å². The molecule has 0 aliphatic carbocycles. The van der Waals surface area contributed by atoms with E-state index in [9.17, 15) is 14.3 Å². The molecule has 9 heteroatoms. The number of hydrogen-bond donors (Lipinski definition) is 2. The zero-order chi connectivity index (χ0) is 33.8.